The number of methoxy groups -OCH3 is 3. The summed E-state index contributed by atoms with van der Waals surface area (Å²) in [5.74, 6) is 1.06. The molecule has 0 aliphatic heterocycles. The standard InChI is InChI=1S/C18H21FN2O4/c1-11(14-7-6-13(23-2)10-16(14)24-3)20-18(22)21-15-8-5-12(19)9-17(15)25-4/h5-11H,1-4H3,(H2,20,21,22). The van der Waals surface area contributed by atoms with Crippen molar-refractivity contribution in [2.24, 2.45) is 0 Å². The number of hydrogen-bond acceptors (Lipinski definition) is 4. The summed E-state index contributed by atoms with van der Waals surface area (Å²) in [4.78, 5) is 12.2. The van der Waals surface area contributed by atoms with Crippen LogP contribution < -0.4 is 24.8 Å². The van der Waals surface area contributed by atoms with E-state index in [0.717, 1.165) is 5.56 Å². The number of ether oxygens (including phenoxy) is 3. The van der Waals surface area contributed by atoms with Crippen molar-refractivity contribution in [3.63, 3.8) is 0 Å². The molecule has 25 heavy (non-hydrogen) atoms. The van der Waals surface area contributed by atoms with Gasteiger partial charge >= 0.3 is 6.03 Å². The van der Waals surface area contributed by atoms with E-state index in [1.807, 2.05) is 13.0 Å². The average Bonchev–Trinajstić information content (AvgIpc) is 2.62. The first-order valence-corrected chi connectivity index (χ1v) is 7.61. The Labute approximate surface area is 145 Å². The van der Waals surface area contributed by atoms with Crippen molar-refractivity contribution in [2.45, 2.75) is 13.0 Å². The Morgan fingerprint density at radius 3 is 2.36 bits per heavy atom. The second kappa shape index (κ2) is 8.23. The van der Waals surface area contributed by atoms with Crippen molar-refractivity contribution in [3.05, 3.63) is 47.8 Å². The second-order valence-electron chi connectivity index (χ2n) is 5.27. The highest BCUT2D eigenvalue weighted by atomic mass is 19.1. The predicted octanol–water partition coefficient (Wildman–Crippen LogP) is 3.73. The Hall–Kier alpha value is -2.96. The molecule has 1 atom stereocenters. The van der Waals surface area contributed by atoms with E-state index in [0.29, 0.717) is 17.2 Å². The van der Waals surface area contributed by atoms with Gasteiger partial charge in [0.25, 0.3) is 0 Å². The van der Waals surface area contributed by atoms with Crippen LogP contribution in [-0.4, -0.2) is 27.4 Å². The molecule has 0 saturated carbocycles. The maximum atomic E-state index is 13.2. The quantitative estimate of drug-likeness (QED) is 0.834. The fourth-order valence-corrected chi connectivity index (χ4v) is 2.38. The first kappa shape index (κ1) is 18.4. The molecule has 1 unspecified atom stereocenters. The van der Waals surface area contributed by atoms with Gasteiger partial charge in [-0.15, -0.1) is 0 Å². The summed E-state index contributed by atoms with van der Waals surface area (Å²) in [6, 6.07) is 8.46. The molecule has 2 aromatic carbocycles. The summed E-state index contributed by atoms with van der Waals surface area (Å²) < 4.78 is 28.8. The molecule has 0 fully saturated rings. The lowest BCUT2D eigenvalue weighted by Gasteiger charge is -2.19. The highest BCUT2D eigenvalue weighted by Crippen LogP contribution is 2.30. The number of hydrogen-bond donors (Lipinski definition) is 2. The maximum Gasteiger partial charge on any atom is 0.319 e. The van der Waals surface area contributed by atoms with Crippen molar-refractivity contribution in [3.8, 4) is 17.2 Å². The summed E-state index contributed by atoms with van der Waals surface area (Å²) in [6.07, 6.45) is 0. The van der Waals surface area contributed by atoms with E-state index in [4.69, 9.17) is 14.2 Å². The molecule has 0 saturated heterocycles. The first-order chi connectivity index (χ1) is 12.0. The van der Waals surface area contributed by atoms with Gasteiger partial charge < -0.3 is 24.8 Å². The van der Waals surface area contributed by atoms with Crippen LogP contribution in [0.3, 0.4) is 0 Å². The van der Waals surface area contributed by atoms with Crippen molar-refractivity contribution in [1.82, 2.24) is 5.32 Å². The molecule has 2 rings (SSSR count). The molecular weight excluding hydrogens is 327 g/mol. The minimum Gasteiger partial charge on any atom is -0.497 e. The predicted molar refractivity (Wildman–Crippen MR) is 93.1 cm³/mol. The van der Waals surface area contributed by atoms with E-state index in [1.165, 1.54) is 25.3 Å². The monoisotopic (exact) mass is 348 g/mol. The van der Waals surface area contributed by atoms with Gasteiger partial charge in [-0.1, -0.05) is 0 Å². The van der Waals surface area contributed by atoms with Crippen LogP contribution in [0.1, 0.15) is 18.5 Å². The number of halogens is 1. The van der Waals surface area contributed by atoms with Crippen molar-refractivity contribution in [1.29, 1.82) is 0 Å². The third-order valence-electron chi connectivity index (χ3n) is 3.67. The molecule has 0 bridgehead atoms. The Morgan fingerprint density at radius 1 is 1.00 bits per heavy atom. The van der Waals surface area contributed by atoms with Gasteiger partial charge in [-0.05, 0) is 31.2 Å². The summed E-state index contributed by atoms with van der Waals surface area (Å²) in [5.41, 5.74) is 1.17. The number of carbonyl (C=O) groups is 1. The van der Waals surface area contributed by atoms with Crippen molar-refractivity contribution >= 4 is 11.7 Å². The van der Waals surface area contributed by atoms with Gasteiger partial charge in [0.15, 0.2) is 0 Å². The average molecular weight is 348 g/mol. The minimum absolute atomic E-state index is 0.241. The van der Waals surface area contributed by atoms with Crippen LogP contribution in [0.15, 0.2) is 36.4 Å². The molecule has 0 heterocycles. The van der Waals surface area contributed by atoms with E-state index < -0.39 is 11.8 Å². The van der Waals surface area contributed by atoms with Crippen LogP contribution in [0, 0.1) is 5.82 Å². The lowest BCUT2D eigenvalue weighted by atomic mass is 10.1. The molecule has 2 amide bonds. The highest BCUT2D eigenvalue weighted by Gasteiger charge is 2.16. The zero-order valence-corrected chi connectivity index (χ0v) is 14.6. The highest BCUT2D eigenvalue weighted by molar-refractivity contribution is 5.91. The summed E-state index contributed by atoms with van der Waals surface area (Å²) in [5, 5.41) is 5.44. The van der Waals surface area contributed by atoms with Crippen LogP contribution in [0.4, 0.5) is 14.9 Å². The van der Waals surface area contributed by atoms with E-state index in [-0.39, 0.29) is 11.8 Å². The van der Waals surface area contributed by atoms with Crippen LogP contribution in [0.5, 0.6) is 17.2 Å². The number of rotatable bonds is 6. The summed E-state index contributed by atoms with van der Waals surface area (Å²) in [6.45, 7) is 1.83. The maximum absolute atomic E-state index is 13.2. The number of urea groups is 1. The molecule has 6 nitrogen and oxygen atoms in total. The van der Waals surface area contributed by atoms with Crippen molar-refractivity contribution in [2.75, 3.05) is 26.6 Å². The van der Waals surface area contributed by atoms with Crippen LogP contribution >= 0.6 is 0 Å². The molecule has 134 valence electrons. The molecule has 2 aromatic rings. The number of nitrogens with one attached hydrogen (secondary N) is 2. The van der Waals surface area contributed by atoms with Gasteiger partial charge in [-0.25, -0.2) is 9.18 Å². The van der Waals surface area contributed by atoms with Gasteiger partial charge in [0, 0.05) is 17.7 Å². The van der Waals surface area contributed by atoms with Gasteiger partial charge in [0.2, 0.25) is 0 Å². The van der Waals surface area contributed by atoms with E-state index >= 15 is 0 Å². The topological polar surface area (TPSA) is 68.8 Å². The molecule has 0 radical (unpaired) electrons. The number of amides is 2. The third kappa shape index (κ3) is 4.53. The zero-order chi connectivity index (χ0) is 18.4. The van der Waals surface area contributed by atoms with Gasteiger partial charge in [0.1, 0.15) is 23.1 Å². The van der Waals surface area contributed by atoms with Gasteiger partial charge in [-0.2, -0.15) is 0 Å². The second-order valence-corrected chi connectivity index (χ2v) is 5.27. The van der Waals surface area contributed by atoms with E-state index in [9.17, 15) is 9.18 Å². The number of benzene rings is 2. The Morgan fingerprint density at radius 2 is 1.72 bits per heavy atom. The van der Waals surface area contributed by atoms with Crippen LogP contribution in [0.2, 0.25) is 0 Å². The fourth-order valence-electron chi connectivity index (χ4n) is 2.38. The molecular formula is C18H21FN2O4. The van der Waals surface area contributed by atoms with Crippen LogP contribution in [0.25, 0.3) is 0 Å². The molecule has 0 aliphatic carbocycles. The smallest absolute Gasteiger partial charge is 0.319 e. The van der Waals surface area contributed by atoms with E-state index in [1.54, 1.807) is 26.4 Å². The number of carbonyl (C=O) groups excluding carboxylic acids is 1. The normalized spacial score (nSPS) is 11.4. The first-order valence-electron chi connectivity index (χ1n) is 7.61. The van der Waals surface area contributed by atoms with Crippen molar-refractivity contribution < 1.29 is 23.4 Å². The summed E-state index contributed by atoms with van der Waals surface area (Å²) >= 11 is 0. The molecule has 7 heteroatoms. The summed E-state index contributed by atoms with van der Waals surface area (Å²) in [7, 11) is 4.52. The van der Waals surface area contributed by atoms with Crippen LogP contribution in [-0.2, 0) is 0 Å². The third-order valence-corrected chi connectivity index (χ3v) is 3.67. The molecule has 0 spiro atoms. The van der Waals surface area contributed by atoms with Gasteiger partial charge in [-0.3, -0.25) is 0 Å². The molecule has 2 N–H and O–H groups in total. The zero-order valence-electron chi connectivity index (χ0n) is 14.6. The molecule has 0 aromatic heterocycles. The Balaban J connectivity index is 2.10. The SMILES string of the molecule is COc1ccc(C(C)NC(=O)Nc2ccc(F)cc2OC)c(OC)c1. The van der Waals surface area contributed by atoms with E-state index in [2.05, 4.69) is 10.6 Å². The van der Waals surface area contributed by atoms with Gasteiger partial charge in [0.05, 0.1) is 33.1 Å². The minimum atomic E-state index is -0.449. The Bertz CT molecular complexity index is 752. The lowest BCUT2D eigenvalue weighted by molar-refractivity contribution is 0.249. The Kier molecular flexibility index (Phi) is 6.05. The molecule has 0 aliphatic rings. The largest absolute Gasteiger partial charge is 0.497 e. The number of anilines is 1. The fraction of sp³-hybridized carbons (Fsp3) is 0.278. The lowest BCUT2D eigenvalue weighted by Crippen LogP contribution is -2.31.